The molecule has 0 atom stereocenters. The van der Waals surface area contributed by atoms with Crippen LogP contribution in [0.2, 0.25) is 5.02 Å². The van der Waals surface area contributed by atoms with Gasteiger partial charge in [0.1, 0.15) is 0 Å². The SMILES string of the molecule is CN=C(N)NC(=O)Nc1c(C)cc(Cl)cc1Br. The van der Waals surface area contributed by atoms with Gasteiger partial charge in [0.25, 0.3) is 0 Å². The van der Waals surface area contributed by atoms with E-state index in [0.29, 0.717) is 15.2 Å². The minimum Gasteiger partial charge on any atom is -0.370 e. The van der Waals surface area contributed by atoms with Gasteiger partial charge in [-0.3, -0.25) is 10.3 Å². The Morgan fingerprint density at radius 2 is 2.18 bits per heavy atom. The number of carbonyl (C=O) groups excluding carboxylic acids is 1. The molecule has 4 N–H and O–H groups in total. The highest BCUT2D eigenvalue weighted by Crippen LogP contribution is 2.29. The Morgan fingerprint density at radius 1 is 1.53 bits per heavy atom. The fourth-order valence-corrected chi connectivity index (χ4v) is 2.24. The molecular weight excluding hydrogens is 307 g/mol. The average molecular weight is 320 g/mol. The van der Waals surface area contributed by atoms with Crippen LogP contribution in [-0.4, -0.2) is 19.0 Å². The standard InChI is InChI=1S/C10H12BrClN4O/c1-5-3-6(12)4-7(11)8(5)15-10(17)16-9(13)14-2/h3-4H,1-2H3,(H4,13,14,15,16,17). The second-order valence-electron chi connectivity index (χ2n) is 3.27. The number of nitrogens with one attached hydrogen (secondary N) is 2. The van der Waals surface area contributed by atoms with E-state index in [1.54, 1.807) is 12.1 Å². The molecule has 7 heteroatoms. The molecule has 0 aliphatic carbocycles. The smallest absolute Gasteiger partial charge is 0.326 e. The van der Waals surface area contributed by atoms with Crippen LogP contribution < -0.4 is 16.4 Å². The molecule has 0 unspecified atom stereocenters. The summed E-state index contributed by atoms with van der Waals surface area (Å²) in [7, 11) is 1.49. The van der Waals surface area contributed by atoms with Gasteiger partial charge >= 0.3 is 6.03 Å². The van der Waals surface area contributed by atoms with E-state index in [9.17, 15) is 4.79 Å². The Labute approximate surface area is 113 Å². The Kier molecular flexibility index (Phi) is 4.77. The summed E-state index contributed by atoms with van der Waals surface area (Å²) in [6.07, 6.45) is 0. The van der Waals surface area contributed by atoms with E-state index in [-0.39, 0.29) is 5.96 Å². The van der Waals surface area contributed by atoms with Gasteiger partial charge in [-0.25, -0.2) is 4.79 Å². The van der Waals surface area contributed by atoms with Crippen LogP contribution in [0.3, 0.4) is 0 Å². The van der Waals surface area contributed by atoms with E-state index in [2.05, 4.69) is 31.6 Å². The molecule has 0 saturated carbocycles. The number of guanidine groups is 1. The topological polar surface area (TPSA) is 79.5 Å². The molecule has 0 fully saturated rings. The summed E-state index contributed by atoms with van der Waals surface area (Å²) in [6.45, 7) is 1.84. The lowest BCUT2D eigenvalue weighted by Crippen LogP contribution is -2.39. The number of rotatable bonds is 1. The van der Waals surface area contributed by atoms with Gasteiger partial charge < -0.3 is 11.1 Å². The fourth-order valence-electron chi connectivity index (χ4n) is 1.18. The zero-order valence-electron chi connectivity index (χ0n) is 9.34. The molecule has 0 aliphatic heterocycles. The molecule has 0 heterocycles. The first-order valence-corrected chi connectivity index (χ1v) is 5.87. The third kappa shape index (κ3) is 3.90. The highest BCUT2D eigenvalue weighted by Gasteiger charge is 2.09. The van der Waals surface area contributed by atoms with Crippen molar-refractivity contribution in [2.75, 3.05) is 12.4 Å². The molecule has 1 rings (SSSR count). The number of carbonyl (C=O) groups is 1. The van der Waals surface area contributed by atoms with Gasteiger partial charge in [-0.1, -0.05) is 11.6 Å². The molecule has 0 radical (unpaired) electrons. The van der Waals surface area contributed by atoms with E-state index in [1.807, 2.05) is 6.92 Å². The van der Waals surface area contributed by atoms with Gasteiger partial charge in [0.15, 0.2) is 5.96 Å². The van der Waals surface area contributed by atoms with Crippen LogP contribution in [0.5, 0.6) is 0 Å². The number of nitrogens with two attached hydrogens (primary N) is 1. The molecular formula is C10H12BrClN4O. The van der Waals surface area contributed by atoms with Crippen LogP contribution in [0.15, 0.2) is 21.6 Å². The van der Waals surface area contributed by atoms with Crippen LogP contribution in [-0.2, 0) is 0 Å². The summed E-state index contributed by atoms with van der Waals surface area (Å²) < 4.78 is 0.699. The van der Waals surface area contributed by atoms with Crippen molar-refractivity contribution in [3.05, 3.63) is 27.2 Å². The van der Waals surface area contributed by atoms with Crippen LogP contribution in [0.25, 0.3) is 0 Å². The minimum absolute atomic E-state index is 0.0465. The van der Waals surface area contributed by atoms with Gasteiger partial charge in [-0.05, 0) is 40.5 Å². The average Bonchev–Trinajstić information content (AvgIpc) is 2.23. The van der Waals surface area contributed by atoms with Gasteiger partial charge in [-0.15, -0.1) is 0 Å². The number of benzene rings is 1. The fraction of sp³-hybridized carbons (Fsp3) is 0.200. The van der Waals surface area contributed by atoms with Crippen molar-refractivity contribution < 1.29 is 4.79 Å². The molecule has 17 heavy (non-hydrogen) atoms. The lowest BCUT2D eigenvalue weighted by atomic mass is 10.2. The van der Waals surface area contributed by atoms with Crippen molar-refractivity contribution in [2.45, 2.75) is 6.92 Å². The third-order valence-corrected chi connectivity index (χ3v) is 2.82. The molecule has 0 aliphatic rings. The Morgan fingerprint density at radius 3 is 2.71 bits per heavy atom. The van der Waals surface area contributed by atoms with E-state index in [1.165, 1.54) is 7.05 Å². The van der Waals surface area contributed by atoms with Crippen molar-refractivity contribution in [1.82, 2.24) is 5.32 Å². The largest absolute Gasteiger partial charge is 0.370 e. The maximum Gasteiger partial charge on any atom is 0.326 e. The van der Waals surface area contributed by atoms with Crippen molar-refractivity contribution in [3.8, 4) is 0 Å². The number of halogens is 2. The first kappa shape index (κ1) is 13.8. The van der Waals surface area contributed by atoms with Crippen molar-refractivity contribution in [3.63, 3.8) is 0 Å². The molecule has 0 saturated heterocycles. The molecule has 92 valence electrons. The maximum atomic E-state index is 11.5. The number of hydrogen-bond acceptors (Lipinski definition) is 2. The molecule has 0 bridgehead atoms. The molecule has 1 aromatic rings. The number of aliphatic imine (C=N–C) groups is 1. The molecule has 1 aromatic carbocycles. The van der Waals surface area contributed by atoms with E-state index in [4.69, 9.17) is 17.3 Å². The maximum absolute atomic E-state index is 11.5. The second kappa shape index (κ2) is 5.88. The summed E-state index contributed by atoms with van der Waals surface area (Å²) in [5.41, 5.74) is 6.85. The Hall–Kier alpha value is -1.27. The third-order valence-electron chi connectivity index (χ3n) is 1.97. The molecule has 0 spiro atoms. The van der Waals surface area contributed by atoms with Crippen molar-refractivity contribution in [1.29, 1.82) is 0 Å². The van der Waals surface area contributed by atoms with E-state index >= 15 is 0 Å². The van der Waals surface area contributed by atoms with Crippen molar-refractivity contribution >= 4 is 45.2 Å². The highest BCUT2D eigenvalue weighted by atomic mass is 79.9. The quantitative estimate of drug-likeness (QED) is 0.549. The molecule has 5 nitrogen and oxygen atoms in total. The monoisotopic (exact) mass is 318 g/mol. The zero-order chi connectivity index (χ0) is 13.0. The Bertz CT molecular complexity index is 452. The van der Waals surface area contributed by atoms with Gasteiger partial charge in [0.2, 0.25) is 0 Å². The number of hydrogen-bond donors (Lipinski definition) is 3. The van der Waals surface area contributed by atoms with Crippen LogP contribution in [0.4, 0.5) is 10.5 Å². The van der Waals surface area contributed by atoms with Crippen molar-refractivity contribution in [2.24, 2.45) is 10.7 Å². The number of nitrogens with zero attached hydrogens (tertiary/aromatic N) is 1. The second-order valence-corrected chi connectivity index (χ2v) is 4.56. The number of urea groups is 1. The summed E-state index contributed by atoms with van der Waals surface area (Å²) in [5, 5.41) is 5.62. The molecule has 0 aromatic heterocycles. The summed E-state index contributed by atoms with van der Waals surface area (Å²) in [6, 6.07) is 2.99. The van der Waals surface area contributed by atoms with E-state index in [0.717, 1.165) is 5.56 Å². The first-order valence-electron chi connectivity index (χ1n) is 4.70. The first-order chi connectivity index (χ1) is 7.93. The number of anilines is 1. The number of aryl methyl sites for hydroxylation is 1. The number of amides is 2. The lowest BCUT2D eigenvalue weighted by molar-refractivity contribution is 0.256. The predicted octanol–water partition coefficient (Wildman–Crippen LogP) is 2.48. The lowest BCUT2D eigenvalue weighted by Gasteiger charge is -2.11. The minimum atomic E-state index is -0.459. The van der Waals surface area contributed by atoms with Crippen LogP contribution >= 0.6 is 27.5 Å². The summed E-state index contributed by atoms with van der Waals surface area (Å²) in [5.74, 6) is 0.0465. The predicted molar refractivity (Wildman–Crippen MR) is 73.6 cm³/mol. The Balaban J connectivity index is 2.85. The summed E-state index contributed by atoms with van der Waals surface area (Å²) in [4.78, 5) is 15.2. The van der Waals surface area contributed by atoms with Gasteiger partial charge in [0.05, 0.1) is 5.69 Å². The normalized spacial score (nSPS) is 11.2. The zero-order valence-corrected chi connectivity index (χ0v) is 11.7. The molecule has 2 amide bonds. The highest BCUT2D eigenvalue weighted by molar-refractivity contribution is 9.10. The van der Waals surface area contributed by atoms with Gasteiger partial charge in [0, 0.05) is 16.5 Å². The van der Waals surface area contributed by atoms with Gasteiger partial charge in [-0.2, -0.15) is 0 Å². The van der Waals surface area contributed by atoms with E-state index < -0.39 is 6.03 Å². The summed E-state index contributed by atoms with van der Waals surface area (Å²) >= 11 is 9.19. The van der Waals surface area contributed by atoms with Crippen LogP contribution in [0.1, 0.15) is 5.56 Å². The van der Waals surface area contributed by atoms with Crippen LogP contribution in [0, 0.1) is 6.92 Å².